The van der Waals surface area contributed by atoms with Gasteiger partial charge >= 0.3 is 6.97 Å². The zero-order valence-corrected chi connectivity index (χ0v) is 22.3. The highest BCUT2D eigenvalue weighted by Crippen LogP contribution is 2.47. The second kappa shape index (κ2) is 9.60. The van der Waals surface area contributed by atoms with E-state index in [0.29, 0.717) is 39.4 Å². The lowest BCUT2D eigenvalue weighted by molar-refractivity contribution is -0.363. The summed E-state index contributed by atoms with van der Waals surface area (Å²) in [5, 5.41) is 39.7. The molecule has 0 aliphatic carbocycles. The maximum absolute atomic E-state index is 16.3. The maximum atomic E-state index is 16.3. The normalized spacial score (nSPS) is 14.7. The molecule has 0 spiro atoms. The minimum absolute atomic E-state index is 0.00958. The minimum atomic E-state index is -4.34. The first-order chi connectivity index (χ1) is 18.5. The Morgan fingerprint density at radius 2 is 1.41 bits per heavy atom. The highest BCUT2D eigenvalue weighted by atomic mass is 19.2. The Morgan fingerprint density at radius 3 is 1.92 bits per heavy atom. The first kappa shape index (κ1) is 26.9. The summed E-state index contributed by atoms with van der Waals surface area (Å²) in [6.45, 7) is 3.99. The van der Waals surface area contributed by atoms with Crippen molar-refractivity contribution in [1.82, 2.24) is 4.48 Å². The fourth-order valence-electron chi connectivity index (χ4n) is 5.82. The van der Waals surface area contributed by atoms with Crippen molar-refractivity contribution < 1.29 is 17.9 Å². The highest BCUT2D eigenvalue weighted by molar-refractivity contribution is 6.58. The van der Waals surface area contributed by atoms with Gasteiger partial charge in [0.15, 0.2) is 5.70 Å². The predicted molar refractivity (Wildman–Crippen MR) is 144 cm³/mol. The van der Waals surface area contributed by atoms with Crippen LogP contribution in [0.25, 0.3) is 16.7 Å². The topological polar surface area (TPSA) is 112 Å². The summed E-state index contributed by atoms with van der Waals surface area (Å²) in [5.74, 6) is 0.506. The van der Waals surface area contributed by atoms with Gasteiger partial charge in [0, 0.05) is 46.5 Å². The summed E-state index contributed by atoms with van der Waals surface area (Å²) < 4.78 is 39.9. The number of nitriles is 4. The first-order valence-corrected chi connectivity index (χ1v) is 12.0. The zero-order valence-electron chi connectivity index (χ0n) is 22.3. The molecule has 0 radical (unpaired) electrons. The number of allylic oxidation sites excluding steroid dienone is 7. The number of hydrogen-bond acceptors (Lipinski definition) is 5. The van der Waals surface area contributed by atoms with Gasteiger partial charge in [0.2, 0.25) is 0 Å². The number of benzene rings is 1. The van der Waals surface area contributed by atoms with E-state index in [0.717, 1.165) is 8.96 Å². The van der Waals surface area contributed by atoms with Crippen molar-refractivity contribution in [1.29, 1.82) is 21.0 Å². The molecule has 0 saturated heterocycles. The van der Waals surface area contributed by atoms with Crippen LogP contribution in [0.3, 0.4) is 0 Å². The van der Waals surface area contributed by atoms with Crippen molar-refractivity contribution in [2.45, 2.75) is 34.6 Å². The fraction of sp³-hybridized carbons (Fsp3) is 0.207. The molecule has 3 heterocycles. The van der Waals surface area contributed by atoms with Crippen LogP contribution in [-0.2, 0) is 0 Å². The smallest absolute Gasteiger partial charge is 0.497 e. The predicted octanol–water partition coefficient (Wildman–Crippen LogP) is 5.82. The molecule has 4 rings (SSSR count). The number of rotatable bonds is 4. The summed E-state index contributed by atoms with van der Waals surface area (Å²) in [6.07, 6.45) is 1.72. The average molecular weight is 520 g/mol. The van der Waals surface area contributed by atoms with E-state index in [2.05, 4.69) is 0 Å². The van der Waals surface area contributed by atoms with E-state index in [4.69, 9.17) is 4.74 Å². The van der Waals surface area contributed by atoms with E-state index >= 15 is 8.63 Å². The zero-order chi connectivity index (χ0) is 28.8. The average Bonchev–Trinajstić information content (AvgIpc) is 3.37. The van der Waals surface area contributed by atoms with Gasteiger partial charge in [0.25, 0.3) is 0 Å². The van der Waals surface area contributed by atoms with Crippen LogP contribution >= 0.6 is 0 Å². The van der Waals surface area contributed by atoms with Crippen LogP contribution in [-0.4, -0.2) is 28.8 Å². The SMILES string of the molecule is COc1ccc(C(=C(C#N)C#N)C(=C(C#N)C#N)c2c(C)c3n(c2C)[B-](F)(F)[N+]2=C(C)C=C(C)C2=C3C)cc1. The molecule has 0 saturated carbocycles. The summed E-state index contributed by atoms with van der Waals surface area (Å²) in [4.78, 5) is 0. The molecule has 2 aliphatic rings. The number of methoxy groups -OCH3 is 1. The Hall–Kier alpha value is -5.19. The molecule has 0 N–H and O–H groups in total. The van der Waals surface area contributed by atoms with E-state index in [1.807, 2.05) is 24.3 Å². The third-order valence-corrected chi connectivity index (χ3v) is 7.27. The first-order valence-electron chi connectivity index (χ1n) is 12.0. The Labute approximate surface area is 225 Å². The van der Waals surface area contributed by atoms with E-state index in [1.54, 1.807) is 58.0 Å². The lowest BCUT2D eigenvalue weighted by Crippen LogP contribution is -2.51. The van der Waals surface area contributed by atoms with E-state index < -0.39 is 12.5 Å². The molecule has 2 aliphatic heterocycles. The largest absolute Gasteiger partial charge is 0.737 e. The van der Waals surface area contributed by atoms with Gasteiger partial charge in [-0.1, -0.05) is 12.1 Å². The van der Waals surface area contributed by atoms with Crippen LogP contribution in [0.2, 0.25) is 0 Å². The number of fused-ring (bicyclic) bond motifs is 2. The Kier molecular flexibility index (Phi) is 6.61. The van der Waals surface area contributed by atoms with Gasteiger partial charge < -0.3 is 22.3 Å². The Bertz CT molecular complexity index is 1760. The fourth-order valence-corrected chi connectivity index (χ4v) is 5.82. The molecular formula is C29H23BF2N6O. The third-order valence-electron chi connectivity index (χ3n) is 7.27. The molecule has 0 fully saturated rings. The molecule has 192 valence electrons. The number of ether oxygens (including phenoxy) is 1. The van der Waals surface area contributed by atoms with Crippen molar-refractivity contribution in [3.8, 4) is 30.0 Å². The van der Waals surface area contributed by atoms with E-state index in [1.165, 1.54) is 14.0 Å². The second-order valence-corrected chi connectivity index (χ2v) is 9.38. The molecule has 39 heavy (non-hydrogen) atoms. The van der Waals surface area contributed by atoms with Crippen LogP contribution in [0.5, 0.6) is 5.75 Å². The van der Waals surface area contributed by atoms with Crippen LogP contribution in [0, 0.1) is 59.2 Å². The van der Waals surface area contributed by atoms with Crippen LogP contribution in [0.1, 0.15) is 48.8 Å². The lowest BCUT2D eigenvalue weighted by Gasteiger charge is -2.33. The Morgan fingerprint density at radius 1 is 0.872 bits per heavy atom. The van der Waals surface area contributed by atoms with Gasteiger partial charge in [-0.15, -0.1) is 0 Å². The summed E-state index contributed by atoms with van der Waals surface area (Å²) in [6, 6.07) is 13.8. The van der Waals surface area contributed by atoms with Crippen molar-refractivity contribution in [3.63, 3.8) is 0 Å². The summed E-state index contributed by atoms with van der Waals surface area (Å²) >= 11 is 0. The number of nitrogens with zero attached hydrogens (tertiary/aromatic N) is 6. The number of aromatic nitrogens is 1. The lowest BCUT2D eigenvalue weighted by atomic mass is 9.84. The number of halogens is 2. The quantitative estimate of drug-likeness (QED) is 0.287. The van der Waals surface area contributed by atoms with Crippen LogP contribution in [0.15, 0.2) is 52.8 Å². The van der Waals surface area contributed by atoms with E-state index in [-0.39, 0.29) is 33.7 Å². The van der Waals surface area contributed by atoms with Crippen molar-refractivity contribution in [2.24, 2.45) is 0 Å². The molecule has 7 nitrogen and oxygen atoms in total. The van der Waals surface area contributed by atoms with Crippen LogP contribution in [0.4, 0.5) is 8.63 Å². The molecule has 0 atom stereocenters. The molecule has 0 unspecified atom stereocenters. The molecule has 1 aromatic heterocycles. The van der Waals surface area contributed by atoms with Gasteiger partial charge in [-0.25, -0.2) is 0 Å². The minimum Gasteiger partial charge on any atom is -0.497 e. The van der Waals surface area contributed by atoms with Gasteiger partial charge in [-0.05, 0) is 56.6 Å². The highest BCUT2D eigenvalue weighted by Gasteiger charge is 2.55. The van der Waals surface area contributed by atoms with Gasteiger partial charge in [0.1, 0.15) is 46.9 Å². The maximum Gasteiger partial charge on any atom is 0.737 e. The van der Waals surface area contributed by atoms with Crippen molar-refractivity contribution in [3.05, 3.63) is 80.8 Å². The van der Waals surface area contributed by atoms with Crippen LogP contribution < -0.4 is 4.74 Å². The molecule has 0 bridgehead atoms. The molecule has 1 aromatic carbocycles. The molecule has 2 aromatic rings. The second-order valence-electron chi connectivity index (χ2n) is 9.38. The van der Waals surface area contributed by atoms with Crippen molar-refractivity contribution >= 4 is 29.4 Å². The standard InChI is InChI=1S/C29H23BF2N6O/c1-16-11-17(2)37-28(16)19(4)29-18(3)25(20(5)38(29)30(37,31)32)27(23(14-35)15-36)26(22(12-33)13-34)21-7-9-24(39-6)10-8-21/h7-11H,1-6H3. The Balaban J connectivity index is 2.20. The summed E-state index contributed by atoms with van der Waals surface area (Å²) in [5.41, 5.74) is 2.71. The van der Waals surface area contributed by atoms with Gasteiger partial charge in [0.05, 0.1) is 7.11 Å². The molecule has 0 amide bonds. The third kappa shape index (κ3) is 3.78. The molecule has 10 heteroatoms. The van der Waals surface area contributed by atoms with Gasteiger partial charge in [-0.3, -0.25) is 0 Å². The summed E-state index contributed by atoms with van der Waals surface area (Å²) in [7, 11) is 1.48. The van der Waals surface area contributed by atoms with E-state index in [9.17, 15) is 21.0 Å². The molecular weight excluding hydrogens is 497 g/mol. The number of hydrogen-bond donors (Lipinski definition) is 0. The van der Waals surface area contributed by atoms with Gasteiger partial charge in [-0.2, -0.15) is 21.0 Å². The monoisotopic (exact) mass is 520 g/mol. The van der Waals surface area contributed by atoms with Crippen molar-refractivity contribution in [2.75, 3.05) is 7.11 Å².